The fraction of sp³-hybridized carbons (Fsp3) is 0.647. The molecule has 2 bridgehead atoms. The molecule has 3 atom stereocenters. The molecule has 0 aromatic heterocycles. The van der Waals surface area contributed by atoms with Crippen LogP contribution in [-0.4, -0.2) is 20.7 Å². The van der Waals surface area contributed by atoms with Crippen LogP contribution in [0.4, 0.5) is 5.69 Å². The van der Waals surface area contributed by atoms with Crippen molar-refractivity contribution in [1.29, 1.82) is 0 Å². The maximum Gasteiger partial charge on any atom is 0.175 e. The van der Waals surface area contributed by atoms with Gasteiger partial charge in [0.25, 0.3) is 0 Å². The number of anilines is 1. The first kappa shape index (κ1) is 14.9. The molecule has 1 aromatic carbocycles. The van der Waals surface area contributed by atoms with Crippen molar-refractivity contribution in [2.75, 3.05) is 11.6 Å². The molecule has 3 rings (SSSR count). The van der Waals surface area contributed by atoms with Gasteiger partial charge < -0.3 is 5.32 Å². The smallest absolute Gasteiger partial charge is 0.175 e. The number of hydrogen-bond donors (Lipinski definition) is 1. The van der Waals surface area contributed by atoms with Crippen molar-refractivity contribution in [3.63, 3.8) is 0 Å². The number of hydrogen-bond acceptors (Lipinski definition) is 3. The molecule has 0 radical (unpaired) electrons. The molecule has 2 aliphatic carbocycles. The second-order valence-electron chi connectivity index (χ2n) is 7.79. The molecule has 3 unspecified atom stereocenters. The molecular weight excluding hydrogens is 282 g/mol. The average molecular weight is 307 g/mol. The monoisotopic (exact) mass is 307 g/mol. The summed E-state index contributed by atoms with van der Waals surface area (Å²) >= 11 is 0. The third kappa shape index (κ3) is 2.37. The number of benzene rings is 1. The SMILES string of the molecule is CC12CCC(C1)C(C)(C)C2Nc1cccc(S(C)(=O)=O)c1. The van der Waals surface area contributed by atoms with Gasteiger partial charge >= 0.3 is 0 Å². The zero-order valence-electron chi connectivity index (χ0n) is 13.3. The lowest BCUT2D eigenvalue weighted by molar-refractivity contribution is 0.155. The van der Waals surface area contributed by atoms with Gasteiger partial charge in [-0.15, -0.1) is 0 Å². The Morgan fingerprint density at radius 3 is 2.52 bits per heavy atom. The Morgan fingerprint density at radius 1 is 1.24 bits per heavy atom. The van der Waals surface area contributed by atoms with Crippen molar-refractivity contribution < 1.29 is 8.42 Å². The molecule has 21 heavy (non-hydrogen) atoms. The summed E-state index contributed by atoms with van der Waals surface area (Å²) in [5, 5.41) is 3.65. The second-order valence-corrected chi connectivity index (χ2v) is 9.81. The average Bonchev–Trinajstić information content (AvgIpc) is 2.85. The van der Waals surface area contributed by atoms with E-state index in [9.17, 15) is 8.42 Å². The standard InChI is InChI=1S/C17H25NO2S/c1-16(2)12-8-9-17(3,11-12)15(16)18-13-6-5-7-14(10-13)21(4,19)20/h5-7,10,12,15,18H,8-9,11H2,1-4H3. The Bertz CT molecular complexity index is 660. The van der Waals surface area contributed by atoms with Gasteiger partial charge in [-0.1, -0.05) is 26.8 Å². The van der Waals surface area contributed by atoms with E-state index in [1.54, 1.807) is 12.1 Å². The number of fused-ring (bicyclic) bond motifs is 2. The zero-order chi connectivity index (χ0) is 15.5. The predicted octanol–water partition coefficient (Wildman–Crippen LogP) is 3.72. The van der Waals surface area contributed by atoms with Crippen LogP contribution in [0, 0.1) is 16.7 Å². The van der Waals surface area contributed by atoms with Crippen molar-refractivity contribution >= 4 is 15.5 Å². The quantitative estimate of drug-likeness (QED) is 0.926. The number of rotatable bonds is 3. The first-order chi connectivity index (χ1) is 9.63. The van der Waals surface area contributed by atoms with Crippen LogP contribution in [0.25, 0.3) is 0 Å². The molecule has 0 saturated heterocycles. The summed E-state index contributed by atoms with van der Waals surface area (Å²) in [6, 6.07) is 7.62. The molecule has 2 saturated carbocycles. The summed E-state index contributed by atoms with van der Waals surface area (Å²) in [5.41, 5.74) is 1.51. The maximum atomic E-state index is 11.7. The van der Waals surface area contributed by atoms with E-state index in [1.165, 1.54) is 25.5 Å². The van der Waals surface area contributed by atoms with Crippen molar-refractivity contribution in [3.05, 3.63) is 24.3 Å². The normalized spacial score (nSPS) is 34.1. The van der Waals surface area contributed by atoms with Crippen LogP contribution in [0.5, 0.6) is 0 Å². The molecule has 0 spiro atoms. The highest BCUT2D eigenvalue weighted by atomic mass is 32.2. The van der Waals surface area contributed by atoms with Crippen molar-refractivity contribution in [2.24, 2.45) is 16.7 Å². The van der Waals surface area contributed by atoms with Gasteiger partial charge in [0, 0.05) is 18.0 Å². The van der Waals surface area contributed by atoms with Crippen molar-refractivity contribution in [3.8, 4) is 0 Å². The van der Waals surface area contributed by atoms with E-state index < -0.39 is 9.84 Å². The van der Waals surface area contributed by atoms with Crippen LogP contribution >= 0.6 is 0 Å². The first-order valence-electron chi connectivity index (χ1n) is 7.70. The molecule has 2 fully saturated rings. The Hall–Kier alpha value is -1.03. The van der Waals surface area contributed by atoms with Crippen LogP contribution in [0.15, 0.2) is 29.2 Å². The minimum Gasteiger partial charge on any atom is -0.381 e. The number of sulfone groups is 1. The van der Waals surface area contributed by atoms with Crippen molar-refractivity contribution in [1.82, 2.24) is 0 Å². The minimum absolute atomic E-state index is 0.258. The highest BCUT2D eigenvalue weighted by molar-refractivity contribution is 7.90. The van der Waals surface area contributed by atoms with Gasteiger partial charge in [0.1, 0.15) is 0 Å². The second kappa shape index (κ2) is 4.48. The largest absolute Gasteiger partial charge is 0.381 e. The molecule has 4 heteroatoms. The van der Waals surface area contributed by atoms with Crippen LogP contribution in [0.3, 0.4) is 0 Å². The van der Waals surface area contributed by atoms with E-state index in [-0.39, 0.29) is 5.41 Å². The minimum atomic E-state index is -3.15. The van der Waals surface area contributed by atoms with Crippen LogP contribution in [0.2, 0.25) is 0 Å². The predicted molar refractivity (Wildman–Crippen MR) is 86.2 cm³/mol. The molecule has 1 N–H and O–H groups in total. The van der Waals surface area contributed by atoms with Crippen molar-refractivity contribution in [2.45, 2.75) is 51.0 Å². The third-order valence-corrected chi connectivity index (χ3v) is 6.95. The summed E-state index contributed by atoms with van der Waals surface area (Å²) in [6.07, 6.45) is 5.13. The fourth-order valence-corrected chi connectivity index (χ4v) is 5.31. The Morgan fingerprint density at radius 2 is 1.95 bits per heavy atom. The maximum absolute atomic E-state index is 11.7. The molecule has 0 aliphatic heterocycles. The lowest BCUT2D eigenvalue weighted by Gasteiger charge is -2.43. The molecule has 0 amide bonds. The Labute approximate surface area is 128 Å². The van der Waals surface area contributed by atoms with E-state index in [0.717, 1.165) is 11.6 Å². The topological polar surface area (TPSA) is 46.2 Å². The van der Waals surface area contributed by atoms with Gasteiger partial charge in [0.05, 0.1) is 4.90 Å². The molecule has 1 aromatic rings. The molecular formula is C17H25NO2S. The molecule has 116 valence electrons. The van der Waals surface area contributed by atoms with Gasteiger partial charge in [0.15, 0.2) is 9.84 Å². The van der Waals surface area contributed by atoms with E-state index >= 15 is 0 Å². The fourth-order valence-electron chi connectivity index (χ4n) is 4.65. The van der Waals surface area contributed by atoms with Gasteiger partial charge in [0.2, 0.25) is 0 Å². The summed E-state index contributed by atoms with van der Waals surface area (Å²) in [5.74, 6) is 0.776. The van der Waals surface area contributed by atoms with Gasteiger partial charge in [-0.05, 0) is 54.2 Å². The lowest BCUT2D eigenvalue weighted by atomic mass is 9.68. The molecule has 2 aliphatic rings. The zero-order valence-corrected chi connectivity index (χ0v) is 14.1. The van der Waals surface area contributed by atoms with E-state index in [4.69, 9.17) is 0 Å². The van der Waals surface area contributed by atoms with E-state index in [0.29, 0.717) is 16.4 Å². The highest BCUT2D eigenvalue weighted by Crippen LogP contribution is 2.63. The number of nitrogens with one attached hydrogen (secondary N) is 1. The van der Waals surface area contributed by atoms with Crippen LogP contribution in [0.1, 0.15) is 40.0 Å². The third-order valence-electron chi connectivity index (χ3n) is 5.84. The van der Waals surface area contributed by atoms with Gasteiger partial charge in [-0.3, -0.25) is 0 Å². The first-order valence-corrected chi connectivity index (χ1v) is 9.59. The highest BCUT2D eigenvalue weighted by Gasteiger charge is 2.59. The lowest BCUT2D eigenvalue weighted by Crippen LogP contribution is -2.45. The Balaban J connectivity index is 1.91. The van der Waals surface area contributed by atoms with E-state index in [1.807, 2.05) is 12.1 Å². The van der Waals surface area contributed by atoms with E-state index in [2.05, 4.69) is 26.1 Å². The van der Waals surface area contributed by atoms with Gasteiger partial charge in [-0.25, -0.2) is 8.42 Å². The van der Waals surface area contributed by atoms with Gasteiger partial charge in [-0.2, -0.15) is 0 Å². The Kier molecular flexibility index (Phi) is 3.18. The molecule has 0 heterocycles. The summed E-state index contributed by atoms with van der Waals surface area (Å²) in [6.45, 7) is 7.07. The summed E-state index contributed by atoms with van der Waals surface area (Å²) in [4.78, 5) is 0.388. The summed E-state index contributed by atoms with van der Waals surface area (Å²) in [7, 11) is -3.15. The van der Waals surface area contributed by atoms with Crippen LogP contribution < -0.4 is 5.32 Å². The summed E-state index contributed by atoms with van der Waals surface area (Å²) < 4.78 is 23.4. The molecule has 3 nitrogen and oxygen atoms in total. The van der Waals surface area contributed by atoms with Crippen LogP contribution in [-0.2, 0) is 9.84 Å².